The molecule has 0 atom stereocenters. The zero-order valence-corrected chi connectivity index (χ0v) is 11.6. The molecule has 100 valence electrons. The topological polar surface area (TPSA) is 44.1 Å². The van der Waals surface area contributed by atoms with E-state index in [1.54, 1.807) is 24.3 Å². The van der Waals surface area contributed by atoms with E-state index in [1.807, 2.05) is 4.90 Å². The van der Waals surface area contributed by atoms with Crippen LogP contribution in [0.5, 0.6) is 0 Å². The summed E-state index contributed by atoms with van der Waals surface area (Å²) in [7, 11) is 0. The second-order valence-corrected chi connectivity index (χ2v) is 5.29. The third-order valence-corrected chi connectivity index (χ3v) is 3.83. The van der Waals surface area contributed by atoms with Crippen LogP contribution < -0.4 is 0 Å². The maximum absolute atomic E-state index is 12.5. The lowest BCUT2D eigenvalue weighted by Crippen LogP contribution is -2.39. The fraction of sp³-hybridized carbons (Fsp3) is 0.467. The van der Waals surface area contributed by atoms with Crippen molar-refractivity contribution in [2.75, 3.05) is 6.54 Å². The average molecular weight is 277 g/mol. The highest BCUT2D eigenvalue weighted by atomic mass is 35.5. The second kappa shape index (κ2) is 6.58. The van der Waals surface area contributed by atoms with Gasteiger partial charge in [0.25, 0.3) is 5.91 Å². The van der Waals surface area contributed by atoms with E-state index in [4.69, 9.17) is 16.9 Å². The monoisotopic (exact) mass is 276 g/mol. The SMILES string of the molecule is N#CCCN(C(=O)c1ccc(Cl)cc1)C1CCCC1. The van der Waals surface area contributed by atoms with E-state index in [2.05, 4.69) is 6.07 Å². The van der Waals surface area contributed by atoms with Crippen LogP contribution >= 0.6 is 11.6 Å². The molecule has 0 aliphatic heterocycles. The van der Waals surface area contributed by atoms with Gasteiger partial charge >= 0.3 is 0 Å². The van der Waals surface area contributed by atoms with Crippen molar-refractivity contribution in [1.29, 1.82) is 5.26 Å². The molecule has 0 unspecified atom stereocenters. The number of hydrogen-bond donors (Lipinski definition) is 0. The Labute approximate surface area is 118 Å². The van der Waals surface area contributed by atoms with Crippen LogP contribution in [-0.4, -0.2) is 23.4 Å². The Kier molecular flexibility index (Phi) is 4.81. The van der Waals surface area contributed by atoms with E-state index in [0.717, 1.165) is 12.8 Å². The van der Waals surface area contributed by atoms with Crippen molar-refractivity contribution >= 4 is 17.5 Å². The molecule has 2 rings (SSSR count). The largest absolute Gasteiger partial charge is 0.335 e. The molecule has 1 aliphatic carbocycles. The summed E-state index contributed by atoms with van der Waals surface area (Å²) < 4.78 is 0. The first-order valence-corrected chi connectivity index (χ1v) is 7.03. The second-order valence-electron chi connectivity index (χ2n) is 4.85. The van der Waals surface area contributed by atoms with Crippen molar-refractivity contribution in [2.45, 2.75) is 38.1 Å². The Morgan fingerprint density at radius 2 is 1.95 bits per heavy atom. The van der Waals surface area contributed by atoms with E-state index in [-0.39, 0.29) is 11.9 Å². The van der Waals surface area contributed by atoms with Gasteiger partial charge < -0.3 is 4.90 Å². The lowest BCUT2D eigenvalue weighted by atomic mass is 10.1. The Hall–Kier alpha value is -1.53. The molecular formula is C15H17ClN2O. The van der Waals surface area contributed by atoms with Crippen LogP contribution in [-0.2, 0) is 0 Å². The lowest BCUT2D eigenvalue weighted by molar-refractivity contribution is 0.0686. The lowest BCUT2D eigenvalue weighted by Gasteiger charge is -2.28. The van der Waals surface area contributed by atoms with E-state index in [1.165, 1.54) is 12.8 Å². The third-order valence-electron chi connectivity index (χ3n) is 3.58. The molecule has 0 heterocycles. The van der Waals surface area contributed by atoms with Crippen LogP contribution in [0.2, 0.25) is 5.02 Å². The van der Waals surface area contributed by atoms with Crippen LogP contribution in [0, 0.1) is 11.3 Å². The van der Waals surface area contributed by atoms with Gasteiger partial charge in [-0.2, -0.15) is 5.26 Å². The standard InChI is InChI=1S/C15H17ClN2O/c16-13-8-6-12(7-9-13)15(19)18(11-3-10-17)14-4-1-2-5-14/h6-9,14H,1-5,11H2. The minimum absolute atomic E-state index is 0.0128. The van der Waals surface area contributed by atoms with Gasteiger partial charge in [0.15, 0.2) is 0 Å². The molecule has 4 heteroatoms. The molecule has 1 saturated carbocycles. The Morgan fingerprint density at radius 1 is 1.32 bits per heavy atom. The van der Waals surface area contributed by atoms with Crippen LogP contribution in [0.15, 0.2) is 24.3 Å². The number of carbonyl (C=O) groups is 1. The number of carbonyl (C=O) groups excluding carboxylic acids is 1. The Balaban J connectivity index is 2.14. The first kappa shape index (κ1) is 13.9. The molecule has 0 N–H and O–H groups in total. The van der Waals surface area contributed by atoms with Gasteiger partial charge in [-0.1, -0.05) is 24.4 Å². The predicted octanol–water partition coefficient (Wildman–Crippen LogP) is 3.64. The van der Waals surface area contributed by atoms with Crippen molar-refractivity contribution in [3.05, 3.63) is 34.9 Å². The highest BCUT2D eigenvalue weighted by Gasteiger charge is 2.26. The molecule has 1 aromatic carbocycles. The zero-order chi connectivity index (χ0) is 13.7. The fourth-order valence-corrected chi connectivity index (χ4v) is 2.72. The average Bonchev–Trinajstić information content (AvgIpc) is 2.94. The van der Waals surface area contributed by atoms with Crippen molar-refractivity contribution < 1.29 is 4.79 Å². The molecule has 1 amide bonds. The number of nitriles is 1. The molecule has 1 fully saturated rings. The van der Waals surface area contributed by atoms with Gasteiger partial charge in [-0.25, -0.2) is 0 Å². The minimum Gasteiger partial charge on any atom is -0.335 e. The van der Waals surface area contributed by atoms with E-state index >= 15 is 0 Å². The van der Waals surface area contributed by atoms with Gasteiger partial charge in [0.05, 0.1) is 12.5 Å². The van der Waals surface area contributed by atoms with E-state index < -0.39 is 0 Å². The highest BCUT2D eigenvalue weighted by Crippen LogP contribution is 2.25. The summed E-state index contributed by atoms with van der Waals surface area (Å²) in [4.78, 5) is 14.4. The maximum Gasteiger partial charge on any atom is 0.254 e. The number of amides is 1. The van der Waals surface area contributed by atoms with Gasteiger partial charge in [0.1, 0.15) is 0 Å². The fourth-order valence-electron chi connectivity index (χ4n) is 2.59. The van der Waals surface area contributed by atoms with Crippen LogP contribution in [0.3, 0.4) is 0 Å². The molecule has 1 aliphatic rings. The normalized spacial score (nSPS) is 15.2. The molecule has 0 aromatic heterocycles. The Bertz CT molecular complexity index is 472. The quantitative estimate of drug-likeness (QED) is 0.843. The van der Waals surface area contributed by atoms with Crippen molar-refractivity contribution in [3.63, 3.8) is 0 Å². The molecule has 19 heavy (non-hydrogen) atoms. The first-order valence-electron chi connectivity index (χ1n) is 6.66. The molecular weight excluding hydrogens is 260 g/mol. The van der Waals surface area contributed by atoms with Gasteiger partial charge in [0.2, 0.25) is 0 Å². The first-order chi connectivity index (χ1) is 9.22. The summed E-state index contributed by atoms with van der Waals surface area (Å²) >= 11 is 5.84. The third kappa shape index (κ3) is 3.48. The smallest absolute Gasteiger partial charge is 0.254 e. The molecule has 0 bridgehead atoms. The summed E-state index contributed by atoms with van der Waals surface area (Å²) in [6, 6.07) is 9.36. The number of halogens is 1. The van der Waals surface area contributed by atoms with Crippen molar-refractivity contribution in [1.82, 2.24) is 4.90 Å². The van der Waals surface area contributed by atoms with E-state index in [9.17, 15) is 4.79 Å². The van der Waals surface area contributed by atoms with Crippen LogP contribution in [0.25, 0.3) is 0 Å². The predicted molar refractivity (Wildman–Crippen MR) is 75.0 cm³/mol. The highest BCUT2D eigenvalue weighted by molar-refractivity contribution is 6.30. The van der Waals surface area contributed by atoms with Crippen molar-refractivity contribution in [2.24, 2.45) is 0 Å². The number of rotatable bonds is 4. The van der Waals surface area contributed by atoms with Gasteiger partial charge in [-0.3, -0.25) is 4.79 Å². The molecule has 1 aromatic rings. The van der Waals surface area contributed by atoms with Crippen LogP contribution in [0.1, 0.15) is 42.5 Å². The summed E-state index contributed by atoms with van der Waals surface area (Å²) in [5, 5.41) is 9.37. The summed E-state index contributed by atoms with van der Waals surface area (Å²) in [6.45, 7) is 0.516. The summed E-state index contributed by atoms with van der Waals surface area (Å²) in [5.74, 6) is 0.0128. The molecule has 0 saturated heterocycles. The summed E-state index contributed by atoms with van der Waals surface area (Å²) in [5.41, 5.74) is 0.647. The zero-order valence-electron chi connectivity index (χ0n) is 10.8. The number of nitrogens with zero attached hydrogens (tertiary/aromatic N) is 2. The van der Waals surface area contributed by atoms with Crippen LogP contribution in [0.4, 0.5) is 0 Å². The number of benzene rings is 1. The van der Waals surface area contributed by atoms with Gasteiger partial charge in [0, 0.05) is 23.2 Å². The number of hydrogen-bond acceptors (Lipinski definition) is 2. The van der Waals surface area contributed by atoms with Crippen molar-refractivity contribution in [3.8, 4) is 6.07 Å². The molecule has 0 spiro atoms. The molecule has 3 nitrogen and oxygen atoms in total. The Morgan fingerprint density at radius 3 is 2.53 bits per heavy atom. The maximum atomic E-state index is 12.5. The summed E-state index contributed by atoms with van der Waals surface area (Å²) in [6.07, 6.45) is 4.81. The minimum atomic E-state index is 0.0128. The van der Waals surface area contributed by atoms with Gasteiger partial charge in [-0.15, -0.1) is 0 Å². The van der Waals surface area contributed by atoms with E-state index in [0.29, 0.717) is 23.6 Å². The molecule has 0 radical (unpaired) electrons. The van der Waals surface area contributed by atoms with Gasteiger partial charge in [-0.05, 0) is 37.1 Å².